The van der Waals surface area contributed by atoms with Crippen LogP contribution in [0.25, 0.3) is 21.5 Å². The number of benzene rings is 4. The molecule has 0 radical (unpaired) electrons. The molecule has 0 saturated carbocycles. The molecule has 2 unspecified atom stereocenters. The van der Waals surface area contributed by atoms with Crippen LogP contribution in [-0.2, 0) is 22.7 Å². The number of anilines is 1. The van der Waals surface area contributed by atoms with Gasteiger partial charge in [-0.3, -0.25) is 4.68 Å². The van der Waals surface area contributed by atoms with Gasteiger partial charge in [0.15, 0.2) is 9.84 Å². The number of nitrogens with two attached hydrogens (primary N) is 1. The maximum atomic E-state index is 10.5. The van der Waals surface area contributed by atoms with Crippen molar-refractivity contribution in [2.24, 2.45) is 5.92 Å². The summed E-state index contributed by atoms with van der Waals surface area (Å²) in [5, 5.41) is 11.3. The summed E-state index contributed by atoms with van der Waals surface area (Å²) >= 11 is 0. The van der Waals surface area contributed by atoms with E-state index in [1.54, 1.807) is 18.3 Å². The molecule has 196 valence electrons. The van der Waals surface area contributed by atoms with Crippen molar-refractivity contribution in [2.45, 2.75) is 25.3 Å². The minimum atomic E-state index is -2.85. The van der Waals surface area contributed by atoms with E-state index < -0.39 is 9.84 Å². The van der Waals surface area contributed by atoms with E-state index in [2.05, 4.69) is 88.6 Å². The zero-order valence-corrected chi connectivity index (χ0v) is 22.5. The predicted octanol–water partition coefficient (Wildman–Crippen LogP) is 6.65. The fraction of sp³-hybridized carbons (Fsp3) is 0.182. The van der Waals surface area contributed by atoms with E-state index in [1.807, 2.05) is 6.20 Å². The Morgan fingerprint density at radius 1 is 0.872 bits per heavy atom. The third-order valence-corrected chi connectivity index (χ3v) is 8.97. The lowest BCUT2D eigenvalue weighted by atomic mass is 9.76. The summed E-state index contributed by atoms with van der Waals surface area (Å²) in [6.45, 7) is 0. The summed E-state index contributed by atoms with van der Waals surface area (Å²) in [4.78, 5) is 0. The molecule has 0 spiro atoms. The predicted molar refractivity (Wildman–Crippen MR) is 160 cm³/mol. The number of fused-ring (bicyclic) bond motifs is 5. The van der Waals surface area contributed by atoms with E-state index in [0.717, 1.165) is 24.9 Å². The molecule has 0 amide bonds. The number of hydrogen-bond donors (Lipinski definition) is 1. The van der Waals surface area contributed by atoms with Crippen molar-refractivity contribution >= 4 is 37.1 Å². The van der Waals surface area contributed by atoms with E-state index in [0.29, 0.717) is 5.92 Å². The Balaban J connectivity index is 0.000000299. The minimum Gasteiger partial charge on any atom is -0.396 e. The Morgan fingerprint density at radius 3 is 2.38 bits per heavy atom. The monoisotopic (exact) mass is 533 g/mol. The summed E-state index contributed by atoms with van der Waals surface area (Å²) in [7, 11) is -2.85. The third-order valence-electron chi connectivity index (χ3n) is 7.74. The van der Waals surface area contributed by atoms with Gasteiger partial charge in [-0.1, -0.05) is 97.1 Å². The van der Waals surface area contributed by atoms with Gasteiger partial charge in [-0.25, -0.2) is 8.42 Å². The van der Waals surface area contributed by atoms with Crippen LogP contribution in [0.5, 0.6) is 0 Å². The van der Waals surface area contributed by atoms with Crippen molar-refractivity contribution in [3.8, 4) is 0 Å². The van der Waals surface area contributed by atoms with Crippen LogP contribution in [0.15, 0.2) is 115 Å². The maximum absolute atomic E-state index is 10.5. The van der Waals surface area contributed by atoms with Gasteiger partial charge in [0.05, 0.1) is 23.7 Å². The van der Waals surface area contributed by atoms with Crippen molar-refractivity contribution in [1.82, 2.24) is 9.78 Å². The summed E-state index contributed by atoms with van der Waals surface area (Å²) < 4.78 is 23.1. The number of aryl methyl sites for hydroxylation is 1. The van der Waals surface area contributed by atoms with Gasteiger partial charge in [0.25, 0.3) is 0 Å². The quantitative estimate of drug-likeness (QED) is 0.263. The van der Waals surface area contributed by atoms with Crippen molar-refractivity contribution in [2.75, 3.05) is 11.5 Å². The van der Waals surface area contributed by atoms with E-state index >= 15 is 0 Å². The van der Waals surface area contributed by atoms with Gasteiger partial charge >= 0.3 is 0 Å². The molecule has 2 aliphatic rings. The van der Waals surface area contributed by atoms with Gasteiger partial charge in [-0.2, -0.15) is 5.10 Å². The second kappa shape index (κ2) is 10.5. The molecular weight excluding hydrogens is 502 g/mol. The molecule has 1 aliphatic carbocycles. The number of hydrogen-bond acceptors (Lipinski definition) is 4. The van der Waals surface area contributed by atoms with Crippen molar-refractivity contribution < 1.29 is 8.42 Å². The molecule has 2 heterocycles. The normalized spacial score (nSPS) is 18.3. The lowest BCUT2D eigenvalue weighted by Crippen LogP contribution is -2.27. The van der Waals surface area contributed by atoms with Gasteiger partial charge in [0.2, 0.25) is 0 Å². The molecule has 0 saturated heterocycles. The van der Waals surface area contributed by atoms with Crippen LogP contribution < -0.4 is 5.73 Å². The summed E-state index contributed by atoms with van der Waals surface area (Å²) in [5.41, 5.74) is 11.0. The van der Waals surface area contributed by atoms with Crippen molar-refractivity contribution in [1.29, 1.82) is 0 Å². The van der Waals surface area contributed by atoms with Crippen LogP contribution in [0.4, 0.5) is 5.69 Å². The van der Waals surface area contributed by atoms with E-state index in [9.17, 15) is 8.42 Å². The highest BCUT2D eigenvalue weighted by molar-refractivity contribution is 7.94. The number of nitrogens with zero attached hydrogens (tertiary/aromatic N) is 2. The zero-order valence-electron chi connectivity index (χ0n) is 21.6. The van der Waals surface area contributed by atoms with Crippen LogP contribution in [0.1, 0.15) is 29.2 Å². The lowest BCUT2D eigenvalue weighted by molar-refractivity contribution is 0.319. The molecule has 39 heavy (non-hydrogen) atoms. The average molecular weight is 534 g/mol. The molecular formula is C33H31N3O2S. The molecule has 5 nitrogen and oxygen atoms in total. The Morgan fingerprint density at radius 2 is 1.67 bits per heavy atom. The first kappa shape index (κ1) is 25.1. The molecule has 1 aliphatic heterocycles. The molecule has 6 heteroatoms. The molecule has 2 N–H and O–H groups in total. The highest BCUT2D eigenvalue weighted by Gasteiger charge is 2.30. The Labute approximate surface area is 229 Å². The van der Waals surface area contributed by atoms with Crippen molar-refractivity contribution in [3.63, 3.8) is 0 Å². The number of nitrogen functional groups attached to an aromatic ring is 1. The molecule has 1 aromatic heterocycles. The van der Waals surface area contributed by atoms with E-state index in [-0.39, 0.29) is 11.8 Å². The fourth-order valence-electron chi connectivity index (χ4n) is 5.95. The highest BCUT2D eigenvalue weighted by atomic mass is 32.2. The molecule has 5 aromatic rings. The number of aromatic nitrogens is 2. The van der Waals surface area contributed by atoms with Gasteiger partial charge in [-0.05, 0) is 63.4 Å². The number of sulfone groups is 1. The fourth-order valence-corrected chi connectivity index (χ4v) is 6.77. The van der Waals surface area contributed by atoms with E-state index in [4.69, 9.17) is 5.73 Å². The van der Waals surface area contributed by atoms with Gasteiger partial charge in [-0.15, -0.1) is 0 Å². The Kier molecular flexibility index (Phi) is 6.79. The van der Waals surface area contributed by atoms with Crippen LogP contribution in [0.2, 0.25) is 0 Å². The zero-order chi connectivity index (χ0) is 26.8. The Bertz CT molecular complexity index is 1800. The topological polar surface area (TPSA) is 78.0 Å². The van der Waals surface area contributed by atoms with E-state index in [1.165, 1.54) is 49.7 Å². The molecule has 2 atom stereocenters. The van der Waals surface area contributed by atoms with Crippen LogP contribution in [0, 0.1) is 5.92 Å². The average Bonchev–Trinajstić information content (AvgIpc) is 3.39. The smallest absolute Gasteiger partial charge is 0.175 e. The first-order chi connectivity index (χ1) is 19.0. The highest BCUT2D eigenvalue weighted by Crippen LogP contribution is 2.40. The maximum Gasteiger partial charge on any atom is 0.175 e. The van der Waals surface area contributed by atoms with Gasteiger partial charge in [0, 0.05) is 11.6 Å². The summed E-state index contributed by atoms with van der Waals surface area (Å²) in [6.07, 6.45) is 11.9. The summed E-state index contributed by atoms with van der Waals surface area (Å²) in [6, 6.07) is 28.9. The SMILES string of the molecule is Nc1cnn(C(c2ccccc2)C2CCc3c(ccc4c3ccc3ccccc34)C2)c1.O=S1(=O)C=CC=CC1. The largest absolute Gasteiger partial charge is 0.396 e. The second-order valence-electron chi connectivity index (χ2n) is 10.3. The molecule has 0 bridgehead atoms. The number of rotatable bonds is 3. The first-order valence-corrected chi connectivity index (χ1v) is 15.0. The second-order valence-corrected chi connectivity index (χ2v) is 12.2. The Hall–Kier alpha value is -4.16. The third kappa shape index (κ3) is 5.25. The van der Waals surface area contributed by atoms with Gasteiger partial charge in [0.1, 0.15) is 0 Å². The number of allylic oxidation sites excluding steroid dienone is 2. The molecule has 7 rings (SSSR count). The minimum absolute atomic E-state index is 0.156. The van der Waals surface area contributed by atoms with Crippen LogP contribution in [-0.4, -0.2) is 24.0 Å². The van der Waals surface area contributed by atoms with Crippen LogP contribution in [0.3, 0.4) is 0 Å². The molecule has 4 aromatic carbocycles. The lowest BCUT2D eigenvalue weighted by Gasteiger charge is -2.33. The molecule has 0 fully saturated rings. The van der Waals surface area contributed by atoms with Crippen LogP contribution >= 0.6 is 0 Å². The standard InChI is InChI=1S/C28H25N3.C5H6O2S/c29-23-17-30-31(18-23)28(20-7-2-1-3-8-20)22-12-13-25-21(16-22)11-15-26-24-9-5-4-6-19(24)10-14-27(25)26;6-8(7)4-2-1-3-5-8/h1-11,14-15,17-18,22,28H,12-13,16,29H2;1-4H,5H2. The summed E-state index contributed by atoms with van der Waals surface area (Å²) in [5.74, 6) is 0.635. The van der Waals surface area contributed by atoms with Crippen molar-refractivity contribution in [3.05, 3.63) is 132 Å². The van der Waals surface area contributed by atoms with Gasteiger partial charge < -0.3 is 5.73 Å². The first-order valence-electron chi connectivity index (χ1n) is 13.3.